The fraction of sp³-hybridized carbons (Fsp3) is 0.192. The Morgan fingerprint density at radius 1 is 0.296 bits per heavy atom. The van der Waals surface area contributed by atoms with Gasteiger partial charge in [-0.05, 0) is 145 Å². The second-order valence-corrected chi connectivity index (χ2v) is 16.6. The quantitative estimate of drug-likeness (QED) is 0.170. The molecule has 0 saturated carbocycles. The van der Waals surface area contributed by atoms with Gasteiger partial charge in [-0.25, -0.2) is 0 Å². The Hall–Kier alpha value is -5.86. The number of rotatable bonds is 6. The van der Waals surface area contributed by atoms with Crippen molar-refractivity contribution in [3.63, 3.8) is 0 Å². The molecule has 2 heteroatoms. The van der Waals surface area contributed by atoms with Gasteiger partial charge in [-0.1, -0.05) is 123 Å². The summed E-state index contributed by atoms with van der Waals surface area (Å²) in [4.78, 5) is 4.80. The van der Waals surface area contributed by atoms with Crippen molar-refractivity contribution in [2.75, 3.05) is 9.80 Å². The zero-order chi connectivity index (χ0) is 37.5. The molecule has 0 unspecified atom stereocenters. The van der Waals surface area contributed by atoms with Crippen LogP contribution in [-0.4, -0.2) is 0 Å². The monoisotopic (exact) mass is 700 g/mol. The van der Waals surface area contributed by atoms with Gasteiger partial charge in [0.05, 0.1) is 0 Å². The SMILES string of the molecule is Cc1ccc(N(c2ccc(C)cc2)c2ccc3c(c2)C(C)(C)c2c-3ccc3c2C(C)(C)c2cc(N(c4ccc(C)cc4)c4ccc(C)cc4)ccc2-3)cc1. The van der Waals surface area contributed by atoms with E-state index in [-0.39, 0.29) is 10.8 Å². The predicted molar refractivity (Wildman–Crippen MR) is 230 cm³/mol. The van der Waals surface area contributed by atoms with Crippen LogP contribution in [0.3, 0.4) is 0 Å². The van der Waals surface area contributed by atoms with Gasteiger partial charge in [0.15, 0.2) is 0 Å². The molecule has 0 aliphatic heterocycles. The molecule has 0 aromatic heterocycles. The lowest BCUT2D eigenvalue weighted by atomic mass is 9.72. The van der Waals surface area contributed by atoms with Gasteiger partial charge in [0, 0.05) is 45.0 Å². The number of benzene rings is 7. The molecule has 0 radical (unpaired) electrons. The largest absolute Gasteiger partial charge is 0.310 e. The van der Waals surface area contributed by atoms with E-state index in [9.17, 15) is 0 Å². The molecule has 54 heavy (non-hydrogen) atoms. The van der Waals surface area contributed by atoms with E-state index in [4.69, 9.17) is 0 Å². The van der Waals surface area contributed by atoms with Crippen molar-refractivity contribution in [2.45, 2.75) is 66.2 Å². The Kier molecular flexibility index (Phi) is 7.76. The third kappa shape index (κ3) is 5.30. The highest BCUT2D eigenvalue weighted by molar-refractivity contribution is 5.93. The van der Waals surface area contributed by atoms with Gasteiger partial charge in [0.25, 0.3) is 0 Å². The Morgan fingerprint density at radius 3 is 0.815 bits per heavy atom. The van der Waals surface area contributed by atoms with E-state index in [1.54, 1.807) is 0 Å². The number of aryl methyl sites for hydroxylation is 4. The number of anilines is 6. The Morgan fingerprint density at radius 2 is 0.537 bits per heavy atom. The molecule has 7 aromatic rings. The second kappa shape index (κ2) is 12.4. The minimum Gasteiger partial charge on any atom is -0.310 e. The van der Waals surface area contributed by atoms with Crippen LogP contribution >= 0.6 is 0 Å². The van der Waals surface area contributed by atoms with E-state index in [0.717, 1.165) is 22.7 Å². The van der Waals surface area contributed by atoms with Crippen molar-refractivity contribution in [1.82, 2.24) is 0 Å². The summed E-state index contributed by atoms with van der Waals surface area (Å²) >= 11 is 0. The minimum atomic E-state index is -0.198. The molecule has 0 heterocycles. The number of hydrogen-bond acceptors (Lipinski definition) is 2. The Bertz CT molecular complexity index is 2280. The van der Waals surface area contributed by atoms with E-state index in [1.165, 1.54) is 78.1 Å². The number of nitrogens with zero attached hydrogens (tertiary/aromatic N) is 2. The maximum Gasteiger partial charge on any atom is 0.0465 e. The van der Waals surface area contributed by atoms with Crippen LogP contribution in [0.5, 0.6) is 0 Å². The molecule has 266 valence electrons. The number of hydrogen-bond donors (Lipinski definition) is 0. The Balaban J connectivity index is 1.16. The summed E-state index contributed by atoms with van der Waals surface area (Å²) in [6.45, 7) is 18.3. The summed E-state index contributed by atoms with van der Waals surface area (Å²) in [5.74, 6) is 0. The minimum absolute atomic E-state index is 0.198. The lowest BCUT2D eigenvalue weighted by molar-refractivity contribution is 0.601. The maximum absolute atomic E-state index is 2.45. The van der Waals surface area contributed by atoms with Crippen LogP contribution in [-0.2, 0) is 10.8 Å². The summed E-state index contributed by atoms with van der Waals surface area (Å²) in [6.07, 6.45) is 0. The van der Waals surface area contributed by atoms with E-state index in [0.29, 0.717) is 0 Å². The average Bonchev–Trinajstić information content (AvgIpc) is 3.53. The van der Waals surface area contributed by atoms with Crippen LogP contribution in [0.15, 0.2) is 146 Å². The van der Waals surface area contributed by atoms with Crippen LogP contribution in [0, 0.1) is 27.7 Å². The van der Waals surface area contributed by atoms with Gasteiger partial charge in [-0.3, -0.25) is 0 Å². The van der Waals surface area contributed by atoms with Crippen LogP contribution in [0.1, 0.15) is 72.2 Å². The summed E-state index contributed by atoms with van der Waals surface area (Å²) in [5.41, 5.74) is 22.7. The number of fused-ring (bicyclic) bond motifs is 7. The van der Waals surface area contributed by atoms with Crippen LogP contribution < -0.4 is 9.80 Å². The molecular weight excluding hydrogens is 653 g/mol. The van der Waals surface area contributed by atoms with Crippen molar-refractivity contribution < 1.29 is 0 Å². The molecule has 2 aliphatic rings. The second-order valence-electron chi connectivity index (χ2n) is 16.6. The molecule has 2 aliphatic carbocycles. The lowest BCUT2D eigenvalue weighted by Crippen LogP contribution is -2.24. The zero-order valence-corrected chi connectivity index (χ0v) is 32.8. The van der Waals surface area contributed by atoms with Crippen LogP contribution in [0.2, 0.25) is 0 Å². The van der Waals surface area contributed by atoms with E-state index >= 15 is 0 Å². The first kappa shape index (κ1) is 33.9. The first-order valence-corrected chi connectivity index (χ1v) is 19.3. The maximum atomic E-state index is 2.45. The average molecular weight is 701 g/mol. The molecule has 0 N–H and O–H groups in total. The van der Waals surface area contributed by atoms with Crippen LogP contribution in [0.4, 0.5) is 34.1 Å². The van der Waals surface area contributed by atoms with Crippen molar-refractivity contribution in [1.29, 1.82) is 0 Å². The molecule has 0 spiro atoms. The fourth-order valence-electron chi connectivity index (χ4n) is 9.14. The standard InChI is InChI=1S/C52H48N2/c1-33-9-17-37(18-10-33)53(38-19-11-34(2)12-20-38)41-25-27-43-45-29-30-46-44-28-26-42(32-48(44)52(7,8)50(46)49(45)51(5,6)47(43)31-41)54(39-21-13-35(3)14-22-39)40-23-15-36(4)16-24-40/h9-32H,1-8H3. The summed E-state index contributed by atoms with van der Waals surface area (Å²) in [5, 5.41) is 0. The molecule has 2 nitrogen and oxygen atoms in total. The third-order valence-electron chi connectivity index (χ3n) is 12.1. The highest BCUT2D eigenvalue weighted by Gasteiger charge is 2.46. The van der Waals surface area contributed by atoms with Gasteiger partial charge >= 0.3 is 0 Å². The van der Waals surface area contributed by atoms with E-state index < -0.39 is 0 Å². The lowest BCUT2D eigenvalue weighted by Gasteiger charge is -2.32. The van der Waals surface area contributed by atoms with Gasteiger partial charge in [-0.15, -0.1) is 0 Å². The molecule has 0 bridgehead atoms. The van der Waals surface area contributed by atoms with Gasteiger partial charge in [0.1, 0.15) is 0 Å². The van der Waals surface area contributed by atoms with Crippen molar-refractivity contribution in [2.24, 2.45) is 0 Å². The molecular formula is C52H48N2. The molecule has 0 atom stereocenters. The predicted octanol–water partition coefficient (Wildman–Crippen LogP) is 14.5. The molecule has 0 saturated heterocycles. The summed E-state index contributed by atoms with van der Waals surface area (Å²) in [7, 11) is 0. The van der Waals surface area contributed by atoms with Gasteiger partial charge in [0.2, 0.25) is 0 Å². The first-order valence-electron chi connectivity index (χ1n) is 19.3. The fourth-order valence-corrected chi connectivity index (χ4v) is 9.14. The molecule has 9 rings (SSSR count). The normalized spacial score (nSPS) is 14.2. The van der Waals surface area contributed by atoms with Crippen molar-refractivity contribution in [3.8, 4) is 22.3 Å². The summed E-state index contributed by atoms with van der Waals surface area (Å²) in [6, 6.07) is 54.6. The van der Waals surface area contributed by atoms with Crippen LogP contribution in [0.25, 0.3) is 22.3 Å². The zero-order valence-electron chi connectivity index (χ0n) is 32.8. The molecule has 0 amide bonds. The van der Waals surface area contributed by atoms with Crippen molar-refractivity contribution >= 4 is 34.1 Å². The smallest absolute Gasteiger partial charge is 0.0465 e. The first-order chi connectivity index (χ1) is 25.9. The third-order valence-corrected chi connectivity index (χ3v) is 12.1. The van der Waals surface area contributed by atoms with E-state index in [1.807, 2.05) is 0 Å². The molecule has 0 fully saturated rings. The highest BCUT2D eigenvalue weighted by Crippen LogP contribution is 2.60. The Labute approximate surface area is 321 Å². The van der Waals surface area contributed by atoms with Gasteiger partial charge < -0.3 is 9.80 Å². The topological polar surface area (TPSA) is 6.48 Å². The summed E-state index contributed by atoms with van der Waals surface area (Å²) < 4.78 is 0. The van der Waals surface area contributed by atoms with Crippen molar-refractivity contribution in [3.05, 3.63) is 190 Å². The van der Waals surface area contributed by atoms with Gasteiger partial charge in [-0.2, -0.15) is 0 Å². The molecule has 7 aromatic carbocycles. The highest BCUT2D eigenvalue weighted by atomic mass is 15.1. The van der Waals surface area contributed by atoms with E-state index in [2.05, 4.69) is 211 Å².